The zero-order chi connectivity index (χ0) is 13.1. The molecule has 0 radical (unpaired) electrons. The topological polar surface area (TPSA) is 33.5 Å². The molecule has 0 N–H and O–H groups in total. The third kappa shape index (κ3) is 2.45. The predicted octanol–water partition coefficient (Wildman–Crippen LogP) is 3.17. The Kier molecular flexibility index (Phi) is 3.51. The van der Waals surface area contributed by atoms with Gasteiger partial charge in [-0.15, -0.1) is 0 Å². The minimum Gasteiger partial charge on any atom is -0.467 e. The van der Waals surface area contributed by atoms with Crippen molar-refractivity contribution in [2.45, 2.75) is 20.4 Å². The number of amides is 1. The standard InChI is InChI=1S/C15H17NO2/c1-11-6-4-8-14(12(11)2)15(17)16(3)10-13-7-5-9-18-13/h4-9H,10H2,1-3H3. The SMILES string of the molecule is Cc1cccc(C(=O)N(C)Cc2ccco2)c1C. The lowest BCUT2D eigenvalue weighted by Crippen LogP contribution is -2.26. The van der Waals surface area contributed by atoms with Crippen molar-refractivity contribution < 1.29 is 9.21 Å². The van der Waals surface area contributed by atoms with Crippen LogP contribution >= 0.6 is 0 Å². The molecule has 2 rings (SSSR count). The van der Waals surface area contributed by atoms with Crippen molar-refractivity contribution in [3.8, 4) is 0 Å². The lowest BCUT2D eigenvalue weighted by molar-refractivity contribution is 0.0774. The van der Waals surface area contributed by atoms with E-state index in [0.717, 1.165) is 22.5 Å². The van der Waals surface area contributed by atoms with Crippen molar-refractivity contribution in [2.75, 3.05) is 7.05 Å². The van der Waals surface area contributed by atoms with E-state index in [2.05, 4.69) is 0 Å². The van der Waals surface area contributed by atoms with Crippen LogP contribution in [0.3, 0.4) is 0 Å². The Morgan fingerprint density at radius 2 is 2.00 bits per heavy atom. The Balaban J connectivity index is 2.18. The van der Waals surface area contributed by atoms with Gasteiger partial charge in [-0.25, -0.2) is 0 Å². The van der Waals surface area contributed by atoms with E-state index in [-0.39, 0.29) is 5.91 Å². The number of hydrogen-bond acceptors (Lipinski definition) is 2. The van der Waals surface area contributed by atoms with Crippen molar-refractivity contribution in [3.63, 3.8) is 0 Å². The summed E-state index contributed by atoms with van der Waals surface area (Å²) in [5, 5.41) is 0. The lowest BCUT2D eigenvalue weighted by atomic mass is 10.0. The van der Waals surface area contributed by atoms with Gasteiger partial charge in [0, 0.05) is 12.6 Å². The largest absolute Gasteiger partial charge is 0.467 e. The second-order valence-corrected chi connectivity index (χ2v) is 4.49. The highest BCUT2D eigenvalue weighted by molar-refractivity contribution is 5.95. The van der Waals surface area contributed by atoms with Crippen molar-refractivity contribution in [1.29, 1.82) is 0 Å². The molecule has 3 heteroatoms. The summed E-state index contributed by atoms with van der Waals surface area (Å²) < 4.78 is 5.25. The fourth-order valence-corrected chi connectivity index (χ4v) is 1.90. The van der Waals surface area contributed by atoms with Crippen molar-refractivity contribution >= 4 is 5.91 Å². The highest BCUT2D eigenvalue weighted by Gasteiger charge is 2.15. The Morgan fingerprint density at radius 1 is 1.22 bits per heavy atom. The molecule has 0 saturated heterocycles. The smallest absolute Gasteiger partial charge is 0.254 e. The number of furan rings is 1. The molecule has 1 aromatic heterocycles. The van der Waals surface area contributed by atoms with E-state index in [1.165, 1.54) is 0 Å². The van der Waals surface area contributed by atoms with Gasteiger partial charge in [0.05, 0.1) is 12.8 Å². The molecule has 0 aliphatic carbocycles. The van der Waals surface area contributed by atoms with Gasteiger partial charge >= 0.3 is 0 Å². The number of nitrogens with zero attached hydrogens (tertiary/aromatic N) is 1. The lowest BCUT2D eigenvalue weighted by Gasteiger charge is -2.17. The minimum absolute atomic E-state index is 0.0209. The Morgan fingerprint density at radius 3 is 2.67 bits per heavy atom. The van der Waals surface area contributed by atoms with Crippen LogP contribution in [-0.2, 0) is 6.54 Å². The molecule has 1 aromatic carbocycles. The third-order valence-electron chi connectivity index (χ3n) is 3.15. The molecule has 0 bridgehead atoms. The fourth-order valence-electron chi connectivity index (χ4n) is 1.90. The van der Waals surface area contributed by atoms with Gasteiger partial charge in [-0.1, -0.05) is 12.1 Å². The minimum atomic E-state index is 0.0209. The molecule has 3 nitrogen and oxygen atoms in total. The molecule has 0 saturated carbocycles. The predicted molar refractivity (Wildman–Crippen MR) is 70.4 cm³/mol. The first kappa shape index (κ1) is 12.4. The van der Waals surface area contributed by atoms with Crippen LogP contribution in [0.25, 0.3) is 0 Å². The number of hydrogen-bond donors (Lipinski definition) is 0. The molecule has 0 aliphatic rings. The van der Waals surface area contributed by atoms with E-state index >= 15 is 0 Å². The molecule has 1 heterocycles. The molecule has 94 valence electrons. The van der Waals surface area contributed by atoms with Crippen LogP contribution in [0, 0.1) is 13.8 Å². The maximum atomic E-state index is 12.3. The Labute approximate surface area is 107 Å². The van der Waals surface area contributed by atoms with Gasteiger partial charge in [-0.2, -0.15) is 0 Å². The van der Waals surface area contributed by atoms with Crippen LogP contribution in [0.4, 0.5) is 0 Å². The van der Waals surface area contributed by atoms with Gasteiger partial charge < -0.3 is 9.32 Å². The maximum absolute atomic E-state index is 12.3. The molecule has 0 spiro atoms. The summed E-state index contributed by atoms with van der Waals surface area (Å²) in [5.41, 5.74) is 2.92. The molecule has 0 atom stereocenters. The number of aryl methyl sites for hydroxylation is 1. The first-order chi connectivity index (χ1) is 8.59. The van der Waals surface area contributed by atoms with E-state index < -0.39 is 0 Å². The number of carbonyl (C=O) groups excluding carboxylic acids is 1. The van der Waals surface area contributed by atoms with Gasteiger partial charge in [0.1, 0.15) is 5.76 Å². The summed E-state index contributed by atoms with van der Waals surface area (Å²) in [7, 11) is 1.78. The van der Waals surface area contributed by atoms with Crippen LogP contribution in [0.15, 0.2) is 41.0 Å². The third-order valence-corrected chi connectivity index (χ3v) is 3.15. The first-order valence-corrected chi connectivity index (χ1v) is 5.93. The van der Waals surface area contributed by atoms with Gasteiger partial charge in [0.2, 0.25) is 0 Å². The summed E-state index contributed by atoms with van der Waals surface area (Å²) in [5.74, 6) is 0.809. The molecule has 1 amide bonds. The maximum Gasteiger partial charge on any atom is 0.254 e. The van der Waals surface area contributed by atoms with Gasteiger partial charge in [0.15, 0.2) is 0 Å². The van der Waals surface area contributed by atoms with Gasteiger partial charge in [0.25, 0.3) is 5.91 Å². The van der Waals surface area contributed by atoms with Gasteiger partial charge in [-0.3, -0.25) is 4.79 Å². The summed E-state index contributed by atoms with van der Waals surface area (Å²) >= 11 is 0. The highest BCUT2D eigenvalue weighted by atomic mass is 16.3. The van der Waals surface area contributed by atoms with Crippen LogP contribution in [0.5, 0.6) is 0 Å². The quantitative estimate of drug-likeness (QED) is 0.829. The average Bonchev–Trinajstić information content (AvgIpc) is 2.84. The summed E-state index contributed by atoms with van der Waals surface area (Å²) in [6.45, 7) is 4.47. The normalized spacial score (nSPS) is 10.4. The van der Waals surface area contributed by atoms with Crippen LogP contribution in [-0.4, -0.2) is 17.9 Å². The van der Waals surface area contributed by atoms with Crippen LogP contribution in [0.1, 0.15) is 27.2 Å². The zero-order valence-electron chi connectivity index (χ0n) is 10.9. The zero-order valence-corrected chi connectivity index (χ0v) is 10.9. The number of rotatable bonds is 3. The van der Waals surface area contributed by atoms with E-state index in [9.17, 15) is 4.79 Å². The van der Waals surface area contributed by atoms with Crippen molar-refractivity contribution in [1.82, 2.24) is 4.90 Å². The molecule has 2 aromatic rings. The molecule has 18 heavy (non-hydrogen) atoms. The molecular weight excluding hydrogens is 226 g/mol. The van der Waals surface area contributed by atoms with Crippen molar-refractivity contribution in [2.24, 2.45) is 0 Å². The van der Waals surface area contributed by atoms with E-state index in [0.29, 0.717) is 6.54 Å². The fraction of sp³-hybridized carbons (Fsp3) is 0.267. The first-order valence-electron chi connectivity index (χ1n) is 5.93. The number of carbonyl (C=O) groups is 1. The van der Waals surface area contributed by atoms with Gasteiger partial charge in [-0.05, 0) is 43.2 Å². The summed E-state index contributed by atoms with van der Waals surface area (Å²) in [4.78, 5) is 14.0. The summed E-state index contributed by atoms with van der Waals surface area (Å²) in [6.07, 6.45) is 1.62. The Hall–Kier alpha value is -2.03. The number of benzene rings is 1. The second-order valence-electron chi connectivity index (χ2n) is 4.49. The molecule has 0 fully saturated rings. The molecule has 0 aliphatic heterocycles. The van der Waals surface area contributed by atoms with Crippen LogP contribution < -0.4 is 0 Å². The monoisotopic (exact) mass is 243 g/mol. The second kappa shape index (κ2) is 5.08. The molecular formula is C15H17NO2. The Bertz CT molecular complexity index is 544. The average molecular weight is 243 g/mol. The molecule has 0 unspecified atom stereocenters. The van der Waals surface area contributed by atoms with E-state index in [1.54, 1.807) is 18.2 Å². The van der Waals surface area contributed by atoms with E-state index in [1.807, 2.05) is 44.2 Å². The van der Waals surface area contributed by atoms with E-state index in [4.69, 9.17) is 4.42 Å². The summed E-state index contributed by atoms with van der Waals surface area (Å²) in [6, 6.07) is 9.48. The van der Waals surface area contributed by atoms with Crippen LogP contribution in [0.2, 0.25) is 0 Å². The van der Waals surface area contributed by atoms with Crippen molar-refractivity contribution in [3.05, 3.63) is 59.0 Å². The highest BCUT2D eigenvalue weighted by Crippen LogP contribution is 2.15.